The minimum atomic E-state index is -1.52. The van der Waals surface area contributed by atoms with Crippen LogP contribution in [0.5, 0.6) is 0 Å². The molecule has 0 fully saturated rings. The Bertz CT molecular complexity index is 1130. The van der Waals surface area contributed by atoms with E-state index in [-0.39, 0.29) is 5.16 Å². The number of fused-ring (bicyclic) bond motifs is 7. The van der Waals surface area contributed by atoms with Gasteiger partial charge >= 0.3 is 0 Å². The van der Waals surface area contributed by atoms with Gasteiger partial charge in [0.15, 0.2) is 0 Å². The van der Waals surface area contributed by atoms with Crippen molar-refractivity contribution in [1.82, 2.24) is 0 Å². The van der Waals surface area contributed by atoms with E-state index in [2.05, 4.69) is 93.6 Å². The standard InChI is InChI=1S/C26H26PS/c1-26(2,3)27(28)16-20-14-12-18-8-4-6-10-22(18)24(20)25-21(17-27)15-13-19-9-5-7-11-23(19)25/h4-15,28H,16-17H2,1-3H3/q+1. The first-order valence-electron chi connectivity index (χ1n) is 9.99. The van der Waals surface area contributed by atoms with Gasteiger partial charge in [-0.15, -0.1) is 0 Å². The molecule has 0 amide bonds. The molecule has 0 saturated heterocycles. The van der Waals surface area contributed by atoms with E-state index in [1.807, 2.05) is 0 Å². The van der Waals surface area contributed by atoms with E-state index < -0.39 is 6.46 Å². The summed E-state index contributed by atoms with van der Waals surface area (Å²) >= 11 is 5.45. The lowest BCUT2D eigenvalue weighted by atomic mass is 9.88. The van der Waals surface area contributed by atoms with Gasteiger partial charge in [-0.25, -0.2) is 0 Å². The first-order chi connectivity index (χ1) is 13.4. The van der Waals surface area contributed by atoms with Crippen molar-refractivity contribution in [2.24, 2.45) is 0 Å². The van der Waals surface area contributed by atoms with Crippen LogP contribution in [0.15, 0.2) is 72.8 Å². The molecule has 140 valence electrons. The van der Waals surface area contributed by atoms with E-state index >= 15 is 0 Å². The molecule has 0 aliphatic carbocycles. The summed E-state index contributed by atoms with van der Waals surface area (Å²) in [4.78, 5) is 0. The van der Waals surface area contributed by atoms with Crippen molar-refractivity contribution in [2.75, 3.05) is 0 Å². The molecule has 0 N–H and O–H groups in total. The quantitative estimate of drug-likeness (QED) is 0.222. The fourth-order valence-electron chi connectivity index (χ4n) is 4.58. The van der Waals surface area contributed by atoms with Gasteiger partial charge in [-0.3, -0.25) is 0 Å². The molecule has 1 aliphatic rings. The third-order valence-corrected chi connectivity index (χ3v) is 13.3. The van der Waals surface area contributed by atoms with E-state index in [0.717, 1.165) is 12.3 Å². The maximum absolute atomic E-state index is 5.45. The van der Waals surface area contributed by atoms with Crippen molar-refractivity contribution in [2.45, 2.75) is 38.3 Å². The normalized spacial score (nSPS) is 15.9. The Hall–Kier alpha value is -1.82. The summed E-state index contributed by atoms with van der Waals surface area (Å²) in [5.41, 5.74) is 5.80. The second-order valence-electron chi connectivity index (χ2n) is 9.05. The molecule has 0 aromatic heterocycles. The summed E-state index contributed by atoms with van der Waals surface area (Å²) in [6, 6.07) is 27.0. The average Bonchev–Trinajstić information content (AvgIpc) is 2.81. The lowest BCUT2D eigenvalue weighted by Crippen LogP contribution is -2.19. The van der Waals surface area contributed by atoms with Crippen LogP contribution in [-0.2, 0) is 12.3 Å². The van der Waals surface area contributed by atoms with Crippen LogP contribution in [-0.4, -0.2) is 5.16 Å². The van der Waals surface area contributed by atoms with E-state index in [4.69, 9.17) is 12.2 Å². The number of thiol groups is 1. The van der Waals surface area contributed by atoms with E-state index in [0.29, 0.717) is 0 Å². The van der Waals surface area contributed by atoms with Crippen molar-refractivity contribution in [3.8, 4) is 11.1 Å². The van der Waals surface area contributed by atoms with Crippen molar-refractivity contribution in [1.29, 1.82) is 0 Å². The smallest absolute Gasteiger partial charge is 0.0616 e. The van der Waals surface area contributed by atoms with Gasteiger partial charge in [0, 0.05) is 12.2 Å². The minimum Gasteiger partial charge on any atom is -0.0616 e. The monoisotopic (exact) mass is 401 g/mol. The van der Waals surface area contributed by atoms with Crippen molar-refractivity contribution < 1.29 is 0 Å². The van der Waals surface area contributed by atoms with Crippen LogP contribution < -0.4 is 0 Å². The maximum atomic E-state index is 5.45. The molecule has 1 aliphatic heterocycles. The molecule has 0 saturated carbocycles. The molecule has 0 nitrogen and oxygen atoms in total. The molecule has 2 heteroatoms. The van der Waals surface area contributed by atoms with Gasteiger partial charge in [0.1, 0.15) is 0 Å². The Morgan fingerprint density at radius 3 is 1.50 bits per heavy atom. The van der Waals surface area contributed by atoms with Crippen LogP contribution >= 0.6 is 18.7 Å². The van der Waals surface area contributed by atoms with Crippen LogP contribution in [0, 0.1) is 0 Å². The molecule has 0 unspecified atom stereocenters. The molecular weight excluding hydrogens is 375 g/mol. The lowest BCUT2D eigenvalue weighted by Gasteiger charge is -2.33. The second-order valence-corrected chi connectivity index (χ2v) is 15.2. The topological polar surface area (TPSA) is 0 Å². The van der Waals surface area contributed by atoms with Crippen molar-refractivity contribution in [3.63, 3.8) is 0 Å². The van der Waals surface area contributed by atoms with E-state index in [1.165, 1.54) is 43.8 Å². The predicted octanol–water partition coefficient (Wildman–Crippen LogP) is 8.33. The molecular formula is C26H26PS+. The predicted molar refractivity (Wildman–Crippen MR) is 130 cm³/mol. The molecule has 4 aromatic rings. The highest BCUT2D eigenvalue weighted by molar-refractivity contribution is 8.53. The van der Waals surface area contributed by atoms with Crippen LogP contribution in [0.1, 0.15) is 31.9 Å². The Morgan fingerprint density at radius 2 is 1.07 bits per heavy atom. The van der Waals surface area contributed by atoms with Crippen molar-refractivity contribution in [3.05, 3.63) is 83.9 Å². The summed E-state index contributed by atoms with van der Waals surface area (Å²) < 4.78 is 0. The highest BCUT2D eigenvalue weighted by Crippen LogP contribution is 2.78. The van der Waals surface area contributed by atoms with Crippen molar-refractivity contribution >= 4 is 40.3 Å². The number of rotatable bonds is 0. The Morgan fingerprint density at radius 1 is 0.643 bits per heavy atom. The fraction of sp³-hybridized carbons (Fsp3) is 0.231. The second kappa shape index (κ2) is 6.34. The minimum absolute atomic E-state index is 0.201. The summed E-state index contributed by atoms with van der Waals surface area (Å²) in [5, 5.41) is 5.58. The number of hydrogen-bond donors (Lipinski definition) is 1. The number of benzene rings is 4. The Kier molecular flexibility index (Phi) is 4.13. The third-order valence-electron chi connectivity index (χ3n) is 6.39. The van der Waals surface area contributed by atoms with Gasteiger partial charge in [-0.1, -0.05) is 72.8 Å². The Labute approximate surface area is 173 Å². The average molecular weight is 402 g/mol. The third kappa shape index (κ3) is 2.71. The summed E-state index contributed by atoms with van der Waals surface area (Å²) in [6.45, 7) is 5.61. The van der Waals surface area contributed by atoms with Crippen LogP contribution in [0.4, 0.5) is 0 Å². The zero-order chi connectivity index (χ0) is 19.5. The van der Waals surface area contributed by atoms with Gasteiger partial charge in [-0.2, -0.15) is 0 Å². The van der Waals surface area contributed by atoms with E-state index in [1.54, 1.807) is 0 Å². The fourth-order valence-corrected chi connectivity index (χ4v) is 8.21. The molecule has 28 heavy (non-hydrogen) atoms. The zero-order valence-corrected chi connectivity index (χ0v) is 18.5. The van der Waals surface area contributed by atoms with Gasteiger partial charge < -0.3 is 0 Å². The van der Waals surface area contributed by atoms with Crippen LogP contribution in [0.25, 0.3) is 32.7 Å². The molecule has 0 radical (unpaired) electrons. The molecule has 0 spiro atoms. The highest BCUT2D eigenvalue weighted by atomic mass is 32.7. The zero-order valence-electron chi connectivity index (χ0n) is 16.7. The maximum Gasteiger partial charge on any atom is 0.0958 e. The molecule has 0 atom stereocenters. The largest absolute Gasteiger partial charge is 0.0958 e. The highest BCUT2D eigenvalue weighted by Gasteiger charge is 2.49. The molecule has 0 bridgehead atoms. The SMILES string of the molecule is CC(C)(C)[P+]1(S)Cc2ccc3ccccc3c2-c2c(ccc3ccccc23)C1. The van der Waals surface area contributed by atoms with E-state index in [9.17, 15) is 0 Å². The number of hydrogen-bond acceptors (Lipinski definition) is 1. The first kappa shape index (κ1) is 18.2. The van der Waals surface area contributed by atoms with Gasteiger partial charge in [0.25, 0.3) is 0 Å². The van der Waals surface area contributed by atoms with Gasteiger partial charge in [0.2, 0.25) is 0 Å². The van der Waals surface area contributed by atoms with Gasteiger partial charge in [-0.05, 0) is 64.6 Å². The summed E-state index contributed by atoms with van der Waals surface area (Å²) in [5.74, 6) is 0. The molecule has 5 rings (SSSR count). The molecule has 1 heterocycles. The first-order valence-corrected chi connectivity index (χ1v) is 13.3. The Balaban J connectivity index is 1.96. The molecule has 4 aromatic carbocycles. The van der Waals surface area contributed by atoms with Crippen LogP contribution in [0.3, 0.4) is 0 Å². The lowest BCUT2D eigenvalue weighted by molar-refractivity contribution is 0.773. The summed E-state index contributed by atoms with van der Waals surface area (Å²) in [7, 11) is 0. The van der Waals surface area contributed by atoms with Gasteiger partial charge in [0.05, 0.1) is 23.9 Å². The van der Waals surface area contributed by atoms with Crippen LogP contribution in [0.2, 0.25) is 0 Å². The summed E-state index contributed by atoms with van der Waals surface area (Å²) in [6.07, 6.45) is 2.17.